The largest absolute Gasteiger partial charge is 0.352 e. The number of carbonyl (C=O) groups excluding carboxylic acids is 2. The van der Waals surface area contributed by atoms with Crippen molar-refractivity contribution in [2.75, 3.05) is 13.6 Å². The zero-order valence-electron chi connectivity index (χ0n) is 20.8. The molecule has 0 saturated carbocycles. The third kappa shape index (κ3) is 7.67. The summed E-state index contributed by atoms with van der Waals surface area (Å²) in [6, 6.07) is 15.5. The smallest absolute Gasteiger partial charge is 0.243 e. The van der Waals surface area contributed by atoms with Crippen molar-refractivity contribution < 1.29 is 18.0 Å². The Morgan fingerprint density at radius 1 is 1.03 bits per heavy atom. The molecule has 1 N–H and O–H groups in total. The summed E-state index contributed by atoms with van der Waals surface area (Å²) in [5.74, 6) is -0.347. The highest BCUT2D eigenvalue weighted by atomic mass is 32.2. The number of nitrogens with zero attached hydrogens (tertiary/aromatic N) is 2. The summed E-state index contributed by atoms with van der Waals surface area (Å²) in [4.78, 5) is 28.0. The van der Waals surface area contributed by atoms with Gasteiger partial charge in [0.15, 0.2) is 0 Å². The van der Waals surface area contributed by atoms with Crippen LogP contribution in [0, 0.1) is 6.92 Å². The Morgan fingerprint density at radius 2 is 1.71 bits per heavy atom. The summed E-state index contributed by atoms with van der Waals surface area (Å²) in [7, 11) is -2.10. The maximum atomic E-state index is 13.3. The molecule has 0 aliphatic heterocycles. The first-order valence-electron chi connectivity index (χ1n) is 11.7. The Bertz CT molecular complexity index is 1050. The molecule has 2 aromatic rings. The molecule has 1 atom stereocenters. The average molecular weight is 488 g/mol. The fourth-order valence-electron chi connectivity index (χ4n) is 3.80. The summed E-state index contributed by atoms with van der Waals surface area (Å²) in [6.07, 6.45) is 0.984. The van der Waals surface area contributed by atoms with Crippen molar-refractivity contribution >= 4 is 21.8 Å². The Morgan fingerprint density at radius 3 is 2.29 bits per heavy atom. The third-order valence-electron chi connectivity index (χ3n) is 5.57. The predicted molar refractivity (Wildman–Crippen MR) is 135 cm³/mol. The number of amides is 2. The van der Waals surface area contributed by atoms with Gasteiger partial charge in [-0.05, 0) is 51.3 Å². The number of nitrogens with one attached hydrogen (secondary N) is 1. The van der Waals surface area contributed by atoms with Crippen molar-refractivity contribution in [3.05, 3.63) is 65.7 Å². The lowest BCUT2D eigenvalue weighted by Crippen LogP contribution is -2.50. The van der Waals surface area contributed by atoms with Crippen LogP contribution in [0.1, 0.15) is 51.2 Å². The first-order chi connectivity index (χ1) is 16.1. The molecule has 0 saturated heterocycles. The van der Waals surface area contributed by atoms with Crippen LogP contribution in [-0.4, -0.2) is 55.1 Å². The van der Waals surface area contributed by atoms with Gasteiger partial charge >= 0.3 is 0 Å². The summed E-state index contributed by atoms with van der Waals surface area (Å²) in [6.45, 7) is 8.18. The molecule has 2 rings (SSSR count). The molecule has 2 amide bonds. The Kier molecular flexibility index (Phi) is 10.3. The van der Waals surface area contributed by atoms with E-state index in [0.717, 1.165) is 11.1 Å². The van der Waals surface area contributed by atoms with Crippen molar-refractivity contribution in [1.82, 2.24) is 14.5 Å². The van der Waals surface area contributed by atoms with Gasteiger partial charge in [-0.1, -0.05) is 55.0 Å². The Labute approximate surface area is 204 Å². The van der Waals surface area contributed by atoms with Crippen molar-refractivity contribution in [2.24, 2.45) is 0 Å². The number of hydrogen-bond donors (Lipinski definition) is 1. The number of sulfonamides is 1. The van der Waals surface area contributed by atoms with Crippen LogP contribution in [0.25, 0.3) is 0 Å². The van der Waals surface area contributed by atoms with E-state index >= 15 is 0 Å². The quantitative estimate of drug-likeness (QED) is 0.494. The number of hydrogen-bond acceptors (Lipinski definition) is 4. The van der Waals surface area contributed by atoms with Gasteiger partial charge < -0.3 is 10.2 Å². The van der Waals surface area contributed by atoms with Crippen LogP contribution in [-0.2, 0) is 26.2 Å². The number of aryl methyl sites for hydroxylation is 1. The highest BCUT2D eigenvalue weighted by molar-refractivity contribution is 7.89. The lowest BCUT2D eigenvalue weighted by molar-refractivity contribution is -0.141. The molecule has 8 heteroatoms. The first kappa shape index (κ1) is 27.5. The maximum absolute atomic E-state index is 13.3. The van der Waals surface area contributed by atoms with Gasteiger partial charge in [-0.15, -0.1) is 0 Å². The fourth-order valence-corrected chi connectivity index (χ4v) is 5.03. The predicted octanol–water partition coefficient (Wildman–Crippen LogP) is 3.73. The number of carbonyl (C=O) groups is 2. The highest BCUT2D eigenvalue weighted by Gasteiger charge is 2.29. The van der Waals surface area contributed by atoms with Gasteiger partial charge in [-0.25, -0.2) is 12.7 Å². The molecule has 0 unspecified atom stereocenters. The lowest BCUT2D eigenvalue weighted by atomic mass is 10.1. The molecule has 7 nitrogen and oxygen atoms in total. The fraction of sp³-hybridized carbons (Fsp3) is 0.462. The van der Waals surface area contributed by atoms with E-state index < -0.39 is 16.1 Å². The van der Waals surface area contributed by atoms with Gasteiger partial charge in [-0.2, -0.15) is 0 Å². The molecular formula is C26H37N3O4S. The molecule has 0 aromatic heterocycles. The van der Waals surface area contributed by atoms with Gasteiger partial charge in [0, 0.05) is 32.6 Å². The van der Waals surface area contributed by atoms with Gasteiger partial charge in [0.05, 0.1) is 4.90 Å². The molecule has 2 aromatic carbocycles. The monoisotopic (exact) mass is 487 g/mol. The first-order valence-corrected chi connectivity index (χ1v) is 13.2. The van der Waals surface area contributed by atoms with E-state index in [1.54, 1.807) is 35.2 Å². The van der Waals surface area contributed by atoms with Crippen LogP contribution in [0.3, 0.4) is 0 Å². The topological polar surface area (TPSA) is 86.8 Å². The molecule has 34 heavy (non-hydrogen) atoms. The van der Waals surface area contributed by atoms with E-state index in [4.69, 9.17) is 0 Å². The molecule has 0 aliphatic carbocycles. The zero-order chi connectivity index (χ0) is 25.3. The molecule has 0 heterocycles. The van der Waals surface area contributed by atoms with Gasteiger partial charge in [0.1, 0.15) is 6.04 Å². The maximum Gasteiger partial charge on any atom is 0.243 e. The van der Waals surface area contributed by atoms with E-state index in [0.29, 0.717) is 19.4 Å². The molecule has 0 bridgehead atoms. The molecule has 0 fully saturated rings. The van der Waals surface area contributed by atoms with Crippen LogP contribution in [0.4, 0.5) is 0 Å². The average Bonchev–Trinajstić information content (AvgIpc) is 2.78. The Balaban J connectivity index is 2.13. The van der Waals surface area contributed by atoms with Gasteiger partial charge in [-0.3, -0.25) is 9.59 Å². The minimum atomic E-state index is -3.61. The normalized spacial score (nSPS) is 12.6. The van der Waals surface area contributed by atoms with Gasteiger partial charge in [0.25, 0.3) is 0 Å². The van der Waals surface area contributed by atoms with Crippen molar-refractivity contribution in [2.45, 2.75) is 70.5 Å². The summed E-state index contributed by atoms with van der Waals surface area (Å²) >= 11 is 0. The van der Waals surface area contributed by atoms with E-state index in [2.05, 4.69) is 5.32 Å². The van der Waals surface area contributed by atoms with Crippen LogP contribution in [0.2, 0.25) is 0 Å². The number of benzene rings is 2. The standard InChI is InChI=1S/C26H37N3O4S/c1-6-24(26(31)27-20(2)3)29(19-22-13-10-12-21(4)18-22)25(30)16-11-17-28(5)34(32,33)23-14-8-7-9-15-23/h7-10,12-15,18,20,24H,6,11,16-17,19H2,1-5H3,(H,27,31)/t24-/m0/s1. The molecule has 0 aliphatic rings. The summed E-state index contributed by atoms with van der Waals surface area (Å²) < 4.78 is 26.7. The van der Waals surface area contributed by atoms with E-state index in [-0.39, 0.29) is 35.7 Å². The van der Waals surface area contributed by atoms with E-state index in [1.807, 2.05) is 52.0 Å². The van der Waals surface area contributed by atoms with Crippen molar-refractivity contribution in [1.29, 1.82) is 0 Å². The molecule has 0 radical (unpaired) electrons. The second kappa shape index (κ2) is 12.7. The van der Waals surface area contributed by atoms with E-state index in [9.17, 15) is 18.0 Å². The lowest BCUT2D eigenvalue weighted by Gasteiger charge is -2.31. The third-order valence-corrected chi connectivity index (χ3v) is 7.44. The SMILES string of the molecule is CC[C@@H](C(=O)NC(C)C)N(Cc1cccc(C)c1)C(=O)CCCN(C)S(=O)(=O)c1ccccc1. The Hall–Kier alpha value is -2.71. The van der Waals surface area contributed by atoms with Gasteiger partial charge in [0.2, 0.25) is 21.8 Å². The zero-order valence-corrected chi connectivity index (χ0v) is 21.6. The van der Waals surface area contributed by atoms with E-state index in [1.165, 1.54) is 11.4 Å². The second-order valence-corrected chi connectivity index (χ2v) is 10.9. The molecular weight excluding hydrogens is 450 g/mol. The molecule has 186 valence electrons. The minimum Gasteiger partial charge on any atom is -0.352 e. The van der Waals surface area contributed by atoms with Crippen molar-refractivity contribution in [3.63, 3.8) is 0 Å². The highest BCUT2D eigenvalue weighted by Crippen LogP contribution is 2.17. The molecule has 0 spiro atoms. The summed E-state index contributed by atoms with van der Waals surface area (Å²) in [5.41, 5.74) is 2.03. The van der Waals surface area contributed by atoms with Crippen LogP contribution >= 0.6 is 0 Å². The van der Waals surface area contributed by atoms with Crippen LogP contribution < -0.4 is 5.32 Å². The van der Waals surface area contributed by atoms with Crippen molar-refractivity contribution in [3.8, 4) is 0 Å². The minimum absolute atomic E-state index is 0.0330. The van der Waals surface area contributed by atoms with Crippen LogP contribution in [0.15, 0.2) is 59.5 Å². The summed E-state index contributed by atoms with van der Waals surface area (Å²) in [5, 5.41) is 2.92. The second-order valence-electron chi connectivity index (χ2n) is 8.84. The number of rotatable bonds is 12. The van der Waals surface area contributed by atoms with Crippen LogP contribution in [0.5, 0.6) is 0 Å².